The van der Waals surface area contributed by atoms with Crippen molar-refractivity contribution in [3.8, 4) is 0 Å². The first-order chi connectivity index (χ1) is 13.4. The second-order valence-corrected chi connectivity index (χ2v) is 8.79. The van der Waals surface area contributed by atoms with Crippen molar-refractivity contribution in [3.63, 3.8) is 0 Å². The molecule has 1 unspecified atom stereocenters. The Balaban J connectivity index is 0.000000234. The number of aryl methyl sites for hydroxylation is 1. The monoisotopic (exact) mass is 444 g/mol. The van der Waals surface area contributed by atoms with Crippen LogP contribution in [-0.2, 0) is 29.2 Å². The molecule has 0 saturated carbocycles. The van der Waals surface area contributed by atoms with Crippen LogP contribution in [0.4, 0.5) is 0 Å². The van der Waals surface area contributed by atoms with Crippen LogP contribution in [0.2, 0.25) is 0 Å². The van der Waals surface area contributed by atoms with Gasteiger partial charge in [0.1, 0.15) is 23.7 Å². The fraction of sp³-hybridized carbons (Fsp3) is 0.353. The maximum atomic E-state index is 11.6. The van der Waals surface area contributed by atoms with Crippen molar-refractivity contribution in [2.24, 2.45) is 5.73 Å². The van der Waals surface area contributed by atoms with E-state index < -0.39 is 34.0 Å². The summed E-state index contributed by atoms with van der Waals surface area (Å²) in [5.41, 5.74) is 6.86. The highest BCUT2D eigenvalue weighted by Gasteiger charge is 2.51. The Hall–Kier alpha value is -2.41. The summed E-state index contributed by atoms with van der Waals surface area (Å²) in [6.07, 6.45) is 0. The Morgan fingerprint density at radius 2 is 1.90 bits per heavy atom. The van der Waals surface area contributed by atoms with Crippen molar-refractivity contribution in [2.45, 2.75) is 30.2 Å². The molecule has 1 aromatic carbocycles. The second-order valence-electron chi connectivity index (χ2n) is 6.26. The average molecular weight is 444 g/mol. The SMILES string of the molecule is CC(=O)OCC1=C(C(=O)O)N2C(=O)C(N)[C@@H]2SC1.Cc1ccc(S(=O)(=O)O)cc1. The number of nitrogens with zero attached hydrogens (tertiary/aromatic N) is 1. The zero-order chi connectivity index (χ0) is 21.9. The highest BCUT2D eigenvalue weighted by molar-refractivity contribution is 8.00. The van der Waals surface area contributed by atoms with Gasteiger partial charge >= 0.3 is 11.9 Å². The highest BCUT2D eigenvalue weighted by atomic mass is 32.2. The molecule has 2 heterocycles. The highest BCUT2D eigenvalue weighted by Crippen LogP contribution is 2.39. The van der Waals surface area contributed by atoms with Gasteiger partial charge < -0.3 is 15.6 Å². The van der Waals surface area contributed by atoms with E-state index in [1.165, 1.54) is 35.7 Å². The summed E-state index contributed by atoms with van der Waals surface area (Å²) in [6, 6.07) is 5.33. The fourth-order valence-electron chi connectivity index (χ4n) is 2.59. The summed E-state index contributed by atoms with van der Waals surface area (Å²) in [7, 11) is -4.02. The van der Waals surface area contributed by atoms with Crippen LogP contribution in [0, 0.1) is 6.92 Å². The van der Waals surface area contributed by atoms with Gasteiger partial charge in [-0.2, -0.15) is 8.42 Å². The summed E-state index contributed by atoms with van der Waals surface area (Å²) >= 11 is 1.37. The smallest absolute Gasteiger partial charge is 0.352 e. The van der Waals surface area contributed by atoms with Gasteiger partial charge in [0.05, 0.1) is 4.90 Å². The number of rotatable bonds is 4. The maximum absolute atomic E-state index is 11.6. The first-order valence-electron chi connectivity index (χ1n) is 8.26. The number of thioether (sulfide) groups is 1. The lowest BCUT2D eigenvalue weighted by Crippen LogP contribution is -2.68. The van der Waals surface area contributed by atoms with E-state index in [0.29, 0.717) is 11.3 Å². The molecule has 4 N–H and O–H groups in total. The van der Waals surface area contributed by atoms with Crippen molar-refractivity contribution < 1.29 is 37.2 Å². The molecule has 10 nitrogen and oxygen atoms in total. The van der Waals surface area contributed by atoms with Gasteiger partial charge in [-0.1, -0.05) is 17.7 Å². The largest absolute Gasteiger partial charge is 0.477 e. The molecule has 1 saturated heterocycles. The van der Waals surface area contributed by atoms with E-state index in [1.54, 1.807) is 12.1 Å². The van der Waals surface area contributed by atoms with E-state index in [9.17, 15) is 22.8 Å². The lowest BCUT2D eigenvalue weighted by atomic mass is 10.0. The quantitative estimate of drug-likeness (QED) is 0.336. The number of nitrogens with two attached hydrogens (primary N) is 1. The maximum Gasteiger partial charge on any atom is 0.352 e. The average Bonchev–Trinajstić information content (AvgIpc) is 2.64. The minimum atomic E-state index is -4.02. The molecule has 158 valence electrons. The third kappa shape index (κ3) is 5.35. The molecule has 2 aliphatic heterocycles. The van der Waals surface area contributed by atoms with Gasteiger partial charge in [-0.25, -0.2) is 4.79 Å². The number of ether oxygens (including phenoxy) is 1. The van der Waals surface area contributed by atoms with Gasteiger partial charge in [-0.05, 0) is 19.1 Å². The molecule has 0 spiro atoms. The van der Waals surface area contributed by atoms with E-state index in [-0.39, 0.29) is 22.6 Å². The number of esters is 1. The van der Waals surface area contributed by atoms with Gasteiger partial charge in [0.15, 0.2) is 0 Å². The zero-order valence-electron chi connectivity index (χ0n) is 15.6. The molecule has 29 heavy (non-hydrogen) atoms. The number of hydrogen-bond acceptors (Lipinski definition) is 8. The third-order valence-corrected chi connectivity index (χ3v) is 6.29. The van der Waals surface area contributed by atoms with E-state index in [2.05, 4.69) is 0 Å². The second kappa shape index (κ2) is 8.95. The molecule has 12 heteroatoms. The van der Waals surface area contributed by atoms with Gasteiger partial charge in [0.25, 0.3) is 10.1 Å². The number of fused-ring (bicyclic) bond motifs is 1. The number of aliphatic carboxylic acids is 1. The van der Waals surface area contributed by atoms with Crippen molar-refractivity contribution >= 4 is 39.7 Å². The zero-order valence-corrected chi connectivity index (χ0v) is 17.2. The lowest BCUT2D eigenvalue weighted by molar-refractivity contribution is -0.148. The van der Waals surface area contributed by atoms with Gasteiger partial charge in [0, 0.05) is 18.2 Å². The molecule has 0 bridgehead atoms. The molecule has 2 aliphatic rings. The number of β-lactam (4-membered cyclic amide) rings is 1. The minimum Gasteiger partial charge on any atom is -0.477 e. The predicted octanol–water partition coefficient (Wildman–Crippen LogP) is 0.372. The van der Waals surface area contributed by atoms with Crippen LogP contribution in [0.25, 0.3) is 0 Å². The van der Waals surface area contributed by atoms with Crippen molar-refractivity contribution in [1.82, 2.24) is 4.90 Å². The van der Waals surface area contributed by atoms with Crippen LogP contribution in [0.3, 0.4) is 0 Å². The molecular formula is C17H20N2O8S2. The Kier molecular flexibility index (Phi) is 7.06. The molecule has 1 amide bonds. The van der Waals surface area contributed by atoms with Crippen LogP contribution < -0.4 is 5.73 Å². The first kappa shape index (κ1) is 22.9. The normalized spacial score (nSPS) is 20.8. The predicted molar refractivity (Wildman–Crippen MR) is 103 cm³/mol. The number of hydrogen-bond donors (Lipinski definition) is 3. The molecule has 0 aliphatic carbocycles. The van der Waals surface area contributed by atoms with E-state index in [1.807, 2.05) is 6.92 Å². The van der Waals surface area contributed by atoms with Crippen LogP contribution in [0.1, 0.15) is 12.5 Å². The first-order valence-corrected chi connectivity index (χ1v) is 10.8. The Labute approximate surface area is 171 Å². The van der Waals surface area contributed by atoms with E-state index in [4.69, 9.17) is 20.1 Å². The number of benzene rings is 1. The number of carbonyl (C=O) groups is 3. The Bertz CT molecular complexity index is 956. The van der Waals surface area contributed by atoms with Crippen molar-refractivity contribution in [1.29, 1.82) is 0 Å². The van der Waals surface area contributed by atoms with E-state index in [0.717, 1.165) is 5.56 Å². The molecule has 0 aromatic heterocycles. The van der Waals surface area contributed by atoms with Crippen molar-refractivity contribution in [2.75, 3.05) is 12.4 Å². The molecule has 1 aromatic rings. The van der Waals surface area contributed by atoms with Gasteiger partial charge in [-0.3, -0.25) is 19.0 Å². The number of carboxylic acid groups (broad SMARTS) is 1. The molecule has 0 radical (unpaired) electrons. The van der Waals surface area contributed by atoms with Crippen LogP contribution in [0.15, 0.2) is 40.4 Å². The standard InChI is InChI=1S/C10H12N2O5S.C7H8O3S/c1-4(13)17-2-5-3-18-9-6(11)8(14)12(9)7(5)10(15)16;1-6-2-4-7(5-3-6)11(8,9)10/h6,9H,2-3,11H2,1H3,(H,15,16);2-5H,1H3,(H,8,9,10)/t6?,9-;/m0./s1. The summed E-state index contributed by atoms with van der Waals surface area (Å²) < 4.78 is 34.3. The van der Waals surface area contributed by atoms with Crippen LogP contribution in [-0.4, -0.2) is 64.6 Å². The van der Waals surface area contributed by atoms with E-state index >= 15 is 0 Å². The Morgan fingerprint density at radius 3 is 2.38 bits per heavy atom. The molecule has 1 fully saturated rings. The number of amides is 1. The summed E-state index contributed by atoms with van der Waals surface area (Å²) in [5.74, 6) is -1.73. The topological polar surface area (TPSA) is 164 Å². The minimum absolute atomic E-state index is 0.0666. The Morgan fingerprint density at radius 1 is 1.31 bits per heavy atom. The summed E-state index contributed by atoms with van der Waals surface area (Å²) in [6.45, 7) is 2.97. The molecule has 3 rings (SSSR count). The van der Waals surface area contributed by atoms with Crippen molar-refractivity contribution in [3.05, 3.63) is 41.1 Å². The summed E-state index contributed by atoms with van der Waals surface area (Å²) in [5, 5.41) is 8.83. The molecule has 2 atom stereocenters. The third-order valence-electron chi connectivity index (χ3n) is 4.06. The number of carboxylic acids is 1. The molecular weight excluding hydrogens is 424 g/mol. The fourth-order valence-corrected chi connectivity index (χ4v) is 4.34. The van der Waals surface area contributed by atoms with Crippen LogP contribution in [0.5, 0.6) is 0 Å². The van der Waals surface area contributed by atoms with Crippen LogP contribution >= 0.6 is 11.8 Å². The number of carbonyl (C=O) groups excluding carboxylic acids is 2. The van der Waals surface area contributed by atoms with Gasteiger partial charge in [-0.15, -0.1) is 11.8 Å². The van der Waals surface area contributed by atoms with Gasteiger partial charge in [0.2, 0.25) is 5.91 Å². The lowest BCUT2D eigenvalue weighted by Gasteiger charge is -2.47. The summed E-state index contributed by atoms with van der Waals surface area (Å²) in [4.78, 5) is 34.6.